The van der Waals surface area contributed by atoms with Crippen LogP contribution in [-0.2, 0) is 20.9 Å². The Labute approximate surface area is 160 Å². The van der Waals surface area contributed by atoms with E-state index < -0.39 is 0 Å². The van der Waals surface area contributed by atoms with Gasteiger partial charge < -0.3 is 14.5 Å². The topological polar surface area (TPSA) is 62.7 Å². The summed E-state index contributed by atoms with van der Waals surface area (Å²) in [5.74, 6) is 0.431. The van der Waals surface area contributed by atoms with Gasteiger partial charge in [0.15, 0.2) is 0 Å². The number of piperidine rings is 1. The van der Waals surface area contributed by atoms with Crippen molar-refractivity contribution in [1.82, 2.24) is 14.8 Å². The van der Waals surface area contributed by atoms with Gasteiger partial charge >= 0.3 is 0 Å². The Hall–Kier alpha value is -1.95. The summed E-state index contributed by atoms with van der Waals surface area (Å²) in [6, 6.07) is 3.93. The second kappa shape index (κ2) is 7.23. The lowest BCUT2D eigenvalue weighted by Gasteiger charge is -2.46. The number of hydrogen-bond acceptors (Lipinski definition) is 4. The zero-order valence-corrected chi connectivity index (χ0v) is 16.2. The molecular formula is C21H29N3O3. The lowest BCUT2D eigenvalue weighted by molar-refractivity contribution is -0.147. The molecule has 0 aromatic carbocycles. The first kappa shape index (κ1) is 18.4. The number of methoxy groups -OCH3 is 1. The smallest absolute Gasteiger partial charge is 0.225 e. The third-order valence-corrected chi connectivity index (χ3v) is 6.96. The minimum absolute atomic E-state index is 0.0981. The van der Waals surface area contributed by atoms with E-state index in [-0.39, 0.29) is 23.0 Å². The maximum atomic E-state index is 12.8. The van der Waals surface area contributed by atoms with Gasteiger partial charge in [-0.1, -0.05) is 6.07 Å². The number of ether oxygens (including phenoxy) is 1. The molecule has 1 aliphatic carbocycles. The van der Waals surface area contributed by atoms with Gasteiger partial charge in [0.2, 0.25) is 11.8 Å². The first-order chi connectivity index (χ1) is 13.1. The maximum Gasteiger partial charge on any atom is 0.225 e. The highest BCUT2D eigenvalue weighted by atomic mass is 16.5. The van der Waals surface area contributed by atoms with Crippen LogP contribution in [0, 0.1) is 0 Å². The largest absolute Gasteiger partial charge is 0.378 e. The highest BCUT2D eigenvalue weighted by Gasteiger charge is 2.48. The van der Waals surface area contributed by atoms with Crippen molar-refractivity contribution >= 4 is 11.8 Å². The maximum absolute atomic E-state index is 12.8. The number of carbonyl (C=O) groups is 2. The molecule has 27 heavy (non-hydrogen) atoms. The summed E-state index contributed by atoms with van der Waals surface area (Å²) in [6.07, 6.45) is 10.4. The molecule has 0 radical (unpaired) electrons. The third kappa shape index (κ3) is 3.47. The van der Waals surface area contributed by atoms with Crippen LogP contribution in [0.15, 0.2) is 24.5 Å². The SMILES string of the molecule is COC1(CC(=O)N2CCC3(CCC(=O)N3Cc3cccnc3)CC2)CCC1. The molecule has 0 atom stereocenters. The van der Waals surface area contributed by atoms with Crippen molar-refractivity contribution in [2.45, 2.75) is 69.1 Å². The second-order valence-corrected chi connectivity index (χ2v) is 8.36. The van der Waals surface area contributed by atoms with Crippen LogP contribution in [0.4, 0.5) is 0 Å². The van der Waals surface area contributed by atoms with Gasteiger partial charge in [-0.2, -0.15) is 0 Å². The Kier molecular flexibility index (Phi) is 4.93. The second-order valence-electron chi connectivity index (χ2n) is 8.36. The van der Waals surface area contributed by atoms with Gasteiger partial charge in [0.25, 0.3) is 0 Å². The summed E-state index contributed by atoms with van der Waals surface area (Å²) < 4.78 is 5.62. The summed E-state index contributed by atoms with van der Waals surface area (Å²) in [5, 5.41) is 0. The molecule has 2 amide bonds. The molecule has 0 N–H and O–H groups in total. The first-order valence-electron chi connectivity index (χ1n) is 10.1. The van der Waals surface area contributed by atoms with Gasteiger partial charge in [0.05, 0.1) is 12.0 Å². The molecule has 3 heterocycles. The minimum Gasteiger partial charge on any atom is -0.378 e. The molecule has 4 rings (SSSR count). The van der Waals surface area contributed by atoms with E-state index in [1.54, 1.807) is 13.3 Å². The van der Waals surface area contributed by atoms with Crippen molar-refractivity contribution in [3.63, 3.8) is 0 Å². The van der Waals surface area contributed by atoms with Crippen LogP contribution in [0.5, 0.6) is 0 Å². The molecule has 6 nitrogen and oxygen atoms in total. The van der Waals surface area contributed by atoms with Gasteiger partial charge in [-0.15, -0.1) is 0 Å². The summed E-state index contributed by atoms with van der Waals surface area (Å²) in [4.78, 5) is 33.5. The Morgan fingerprint density at radius 3 is 2.59 bits per heavy atom. The van der Waals surface area contributed by atoms with E-state index in [1.807, 2.05) is 23.2 Å². The minimum atomic E-state index is -0.220. The Morgan fingerprint density at radius 1 is 1.22 bits per heavy atom. The Morgan fingerprint density at radius 2 is 2.00 bits per heavy atom. The quantitative estimate of drug-likeness (QED) is 0.798. The predicted octanol–water partition coefficient (Wildman–Crippen LogP) is 2.52. The lowest BCUT2D eigenvalue weighted by Crippen LogP contribution is -2.55. The number of pyridine rings is 1. The van der Waals surface area contributed by atoms with E-state index in [1.165, 1.54) is 0 Å². The molecule has 3 fully saturated rings. The molecule has 1 aromatic rings. The number of nitrogens with zero attached hydrogens (tertiary/aromatic N) is 3. The average molecular weight is 371 g/mol. The molecule has 0 unspecified atom stereocenters. The number of aromatic nitrogens is 1. The number of carbonyl (C=O) groups excluding carboxylic acids is 2. The zero-order valence-electron chi connectivity index (χ0n) is 16.2. The third-order valence-electron chi connectivity index (χ3n) is 6.96. The standard InChI is InChI=1S/C21H29N3O3/c1-27-21(6-3-7-21)14-19(26)23-12-9-20(10-13-23)8-5-18(25)24(20)16-17-4-2-11-22-15-17/h2,4,11,15H,3,5-10,12-14,16H2,1H3. The van der Waals surface area contributed by atoms with Crippen LogP contribution in [0.2, 0.25) is 0 Å². The lowest BCUT2D eigenvalue weighted by atomic mass is 9.77. The summed E-state index contributed by atoms with van der Waals surface area (Å²) in [6.45, 7) is 2.08. The summed E-state index contributed by atoms with van der Waals surface area (Å²) >= 11 is 0. The van der Waals surface area contributed by atoms with E-state index in [2.05, 4.69) is 9.88 Å². The number of rotatable bonds is 5. The van der Waals surface area contributed by atoms with Gasteiger partial charge in [0, 0.05) is 51.1 Å². The van der Waals surface area contributed by atoms with E-state index in [0.29, 0.717) is 19.4 Å². The summed E-state index contributed by atoms with van der Waals surface area (Å²) in [5.41, 5.74) is 0.749. The van der Waals surface area contributed by atoms with Gasteiger partial charge in [-0.25, -0.2) is 0 Å². The van der Waals surface area contributed by atoms with E-state index in [0.717, 1.165) is 57.2 Å². The zero-order chi connectivity index (χ0) is 18.9. The molecule has 1 spiro atoms. The van der Waals surface area contributed by atoms with E-state index in [9.17, 15) is 9.59 Å². The molecule has 146 valence electrons. The van der Waals surface area contributed by atoms with Crippen LogP contribution in [0.3, 0.4) is 0 Å². The monoisotopic (exact) mass is 371 g/mol. The highest BCUT2D eigenvalue weighted by molar-refractivity contribution is 5.80. The molecule has 0 bridgehead atoms. The van der Waals surface area contributed by atoms with Crippen molar-refractivity contribution in [2.24, 2.45) is 0 Å². The fourth-order valence-corrected chi connectivity index (χ4v) is 4.91. The van der Waals surface area contributed by atoms with Crippen molar-refractivity contribution in [2.75, 3.05) is 20.2 Å². The summed E-state index contributed by atoms with van der Waals surface area (Å²) in [7, 11) is 1.72. The highest BCUT2D eigenvalue weighted by Crippen LogP contribution is 2.42. The van der Waals surface area contributed by atoms with Gasteiger partial charge in [-0.3, -0.25) is 14.6 Å². The molecule has 3 aliphatic rings. The molecule has 6 heteroatoms. The van der Waals surface area contributed by atoms with Crippen molar-refractivity contribution in [1.29, 1.82) is 0 Å². The van der Waals surface area contributed by atoms with Gasteiger partial charge in [-0.05, 0) is 50.2 Å². The van der Waals surface area contributed by atoms with Crippen LogP contribution < -0.4 is 0 Å². The fourth-order valence-electron chi connectivity index (χ4n) is 4.91. The van der Waals surface area contributed by atoms with Crippen molar-refractivity contribution < 1.29 is 14.3 Å². The van der Waals surface area contributed by atoms with Crippen LogP contribution in [-0.4, -0.2) is 57.9 Å². The number of likely N-dealkylation sites (tertiary alicyclic amines) is 2. The van der Waals surface area contributed by atoms with E-state index in [4.69, 9.17) is 4.74 Å². The molecule has 1 aromatic heterocycles. The molecule has 2 saturated heterocycles. The Bertz CT molecular complexity index is 688. The van der Waals surface area contributed by atoms with Crippen molar-refractivity contribution in [3.8, 4) is 0 Å². The van der Waals surface area contributed by atoms with Crippen LogP contribution in [0.1, 0.15) is 56.9 Å². The first-order valence-corrected chi connectivity index (χ1v) is 10.1. The normalized spacial score (nSPS) is 23.5. The number of amides is 2. The Balaban J connectivity index is 1.39. The van der Waals surface area contributed by atoms with Crippen LogP contribution in [0.25, 0.3) is 0 Å². The fraction of sp³-hybridized carbons (Fsp3) is 0.667. The number of hydrogen-bond donors (Lipinski definition) is 0. The molecule has 2 aliphatic heterocycles. The van der Waals surface area contributed by atoms with Crippen LogP contribution >= 0.6 is 0 Å². The van der Waals surface area contributed by atoms with Crippen molar-refractivity contribution in [3.05, 3.63) is 30.1 Å². The average Bonchev–Trinajstić information content (AvgIpc) is 2.96. The predicted molar refractivity (Wildman–Crippen MR) is 101 cm³/mol. The van der Waals surface area contributed by atoms with Gasteiger partial charge in [0.1, 0.15) is 0 Å². The molecule has 1 saturated carbocycles. The molecular weight excluding hydrogens is 342 g/mol. The van der Waals surface area contributed by atoms with E-state index >= 15 is 0 Å².